The predicted octanol–water partition coefficient (Wildman–Crippen LogP) is 4.52. The standard InChI is InChI=1S/C9H6N2O2S.C8H6N2S/c1-4-2-6-8(14-4)5(3-10)7(11-6)9(12)13;1-5-2-7-8(11-5)6(3-9)4-10-7/h2,11H,1H3,(H,12,13);2,4,10H,1H3. The zero-order valence-corrected chi connectivity index (χ0v) is 14.9. The molecule has 4 heterocycles. The van der Waals surface area contributed by atoms with Crippen molar-refractivity contribution in [3.05, 3.63) is 44.9 Å². The van der Waals surface area contributed by atoms with Crippen molar-refractivity contribution in [3.63, 3.8) is 0 Å². The molecule has 0 bridgehead atoms. The second kappa shape index (κ2) is 6.44. The molecule has 0 aliphatic heterocycles. The molecule has 6 nitrogen and oxygen atoms in total. The van der Waals surface area contributed by atoms with Crippen LogP contribution in [0.2, 0.25) is 0 Å². The van der Waals surface area contributed by atoms with Crippen molar-refractivity contribution in [2.24, 2.45) is 0 Å². The summed E-state index contributed by atoms with van der Waals surface area (Å²) in [5, 5.41) is 26.3. The third-order valence-electron chi connectivity index (χ3n) is 3.51. The van der Waals surface area contributed by atoms with Crippen LogP contribution >= 0.6 is 22.7 Å². The van der Waals surface area contributed by atoms with Gasteiger partial charge in [-0.05, 0) is 26.0 Å². The minimum atomic E-state index is -1.09. The van der Waals surface area contributed by atoms with E-state index >= 15 is 0 Å². The molecule has 0 fully saturated rings. The number of nitriles is 2. The second-order valence-corrected chi connectivity index (χ2v) is 7.82. The van der Waals surface area contributed by atoms with E-state index in [1.165, 1.54) is 16.2 Å². The van der Waals surface area contributed by atoms with E-state index in [4.69, 9.17) is 15.6 Å². The van der Waals surface area contributed by atoms with E-state index in [0.717, 1.165) is 30.9 Å². The van der Waals surface area contributed by atoms with Crippen LogP contribution in [0.5, 0.6) is 0 Å². The number of hydrogen-bond acceptors (Lipinski definition) is 5. The predicted molar refractivity (Wildman–Crippen MR) is 98.2 cm³/mol. The summed E-state index contributed by atoms with van der Waals surface area (Å²) in [7, 11) is 0. The molecule has 4 aromatic heterocycles. The fourth-order valence-electron chi connectivity index (χ4n) is 2.49. The third kappa shape index (κ3) is 3.01. The Hall–Kier alpha value is -3.07. The van der Waals surface area contributed by atoms with Gasteiger partial charge in [-0.3, -0.25) is 0 Å². The third-order valence-corrected chi connectivity index (χ3v) is 5.66. The number of carboxylic acid groups (broad SMARTS) is 1. The first kappa shape index (κ1) is 16.8. The van der Waals surface area contributed by atoms with Gasteiger partial charge in [-0.1, -0.05) is 0 Å². The number of H-pyrrole nitrogens is 2. The fourth-order valence-corrected chi connectivity index (χ4v) is 4.40. The highest BCUT2D eigenvalue weighted by molar-refractivity contribution is 7.19. The van der Waals surface area contributed by atoms with Crippen LogP contribution in [-0.2, 0) is 0 Å². The first-order valence-electron chi connectivity index (χ1n) is 7.17. The van der Waals surface area contributed by atoms with Crippen molar-refractivity contribution in [2.45, 2.75) is 13.8 Å². The van der Waals surface area contributed by atoms with Crippen LogP contribution in [0.15, 0.2) is 18.3 Å². The van der Waals surface area contributed by atoms with Gasteiger partial charge < -0.3 is 15.1 Å². The molecule has 25 heavy (non-hydrogen) atoms. The molecule has 0 saturated carbocycles. The van der Waals surface area contributed by atoms with Gasteiger partial charge >= 0.3 is 5.97 Å². The number of fused-ring (bicyclic) bond motifs is 2. The normalized spacial score (nSPS) is 10.2. The summed E-state index contributed by atoms with van der Waals surface area (Å²) in [5.74, 6) is -1.09. The van der Waals surface area contributed by atoms with E-state index in [0.29, 0.717) is 0 Å². The smallest absolute Gasteiger partial charge is 0.353 e. The molecular weight excluding hydrogens is 356 g/mol. The zero-order chi connectivity index (χ0) is 18.1. The molecule has 124 valence electrons. The summed E-state index contributed by atoms with van der Waals surface area (Å²) in [5.41, 5.74) is 2.75. The number of thiophene rings is 2. The maximum Gasteiger partial charge on any atom is 0.353 e. The average Bonchev–Trinajstić information content (AvgIpc) is 3.26. The topological polar surface area (TPSA) is 116 Å². The van der Waals surface area contributed by atoms with Gasteiger partial charge in [-0.2, -0.15) is 10.5 Å². The SMILES string of the molecule is Cc1cc2[nH]c(C(=O)O)c(C#N)c2s1.Cc1cc2[nH]cc(C#N)c2s1. The summed E-state index contributed by atoms with van der Waals surface area (Å²) in [6, 6.07) is 7.95. The molecule has 0 radical (unpaired) electrons. The van der Waals surface area contributed by atoms with Gasteiger partial charge in [0.2, 0.25) is 0 Å². The lowest BCUT2D eigenvalue weighted by molar-refractivity contribution is 0.0691. The second-order valence-electron chi connectivity index (χ2n) is 5.31. The molecule has 0 amide bonds. The first-order chi connectivity index (χ1) is 11.9. The van der Waals surface area contributed by atoms with E-state index in [9.17, 15) is 4.79 Å². The van der Waals surface area contributed by atoms with Crippen LogP contribution in [0.1, 0.15) is 31.4 Å². The molecule has 0 aliphatic rings. The van der Waals surface area contributed by atoms with E-state index in [1.54, 1.807) is 17.5 Å². The van der Waals surface area contributed by atoms with E-state index in [2.05, 4.69) is 22.1 Å². The Morgan fingerprint density at radius 2 is 1.72 bits per heavy atom. The molecule has 4 aromatic rings. The summed E-state index contributed by atoms with van der Waals surface area (Å²) < 4.78 is 1.80. The molecule has 0 saturated heterocycles. The molecule has 0 aliphatic carbocycles. The van der Waals surface area contributed by atoms with Gasteiger partial charge in [0.05, 0.1) is 26.0 Å². The maximum absolute atomic E-state index is 10.8. The quantitative estimate of drug-likeness (QED) is 0.458. The number of aromatic nitrogens is 2. The van der Waals surface area contributed by atoms with Crippen LogP contribution in [0.25, 0.3) is 20.4 Å². The van der Waals surface area contributed by atoms with Crippen LogP contribution in [0.4, 0.5) is 0 Å². The lowest BCUT2D eigenvalue weighted by atomic mass is 10.2. The van der Waals surface area contributed by atoms with Crippen LogP contribution in [-0.4, -0.2) is 21.0 Å². The minimum absolute atomic E-state index is 0.0197. The lowest BCUT2D eigenvalue weighted by Crippen LogP contribution is -1.98. The molecule has 4 rings (SSSR count). The zero-order valence-electron chi connectivity index (χ0n) is 13.3. The van der Waals surface area contributed by atoms with Crippen LogP contribution in [0, 0.1) is 36.5 Å². The molecule has 0 unspecified atom stereocenters. The number of carbonyl (C=O) groups is 1. The number of nitrogens with zero attached hydrogens (tertiary/aromatic N) is 2. The van der Waals surface area contributed by atoms with E-state index in [-0.39, 0.29) is 11.3 Å². The average molecular weight is 368 g/mol. The monoisotopic (exact) mass is 368 g/mol. The molecule has 8 heteroatoms. The summed E-state index contributed by atoms with van der Waals surface area (Å²) in [6.45, 7) is 3.96. The first-order valence-corrected chi connectivity index (χ1v) is 8.81. The summed E-state index contributed by atoms with van der Waals surface area (Å²) in [6.07, 6.45) is 1.75. The van der Waals surface area contributed by atoms with E-state index < -0.39 is 5.97 Å². The molecular formula is C17H12N4O2S2. The highest BCUT2D eigenvalue weighted by Gasteiger charge is 2.18. The highest BCUT2D eigenvalue weighted by atomic mass is 32.1. The number of aromatic carboxylic acids is 1. The fraction of sp³-hybridized carbons (Fsp3) is 0.118. The van der Waals surface area contributed by atoms with Crippen LogP contribution in [0.3, 0.4) is 0 Å². The number of carboxylic acids is 1. The largest absolute Gasteiger partial charge is 0.477 e. The van der Waals surface area contributed by atoms with Gasteiger partial charge in [0.25, 0.3) is 0 Å². The summed E-state index contributed by atoms with van der Waals surface area (Å²) in [4.78, 5) is 18.8. The Balaban J connectivity index is 0.000000150. The Morgan fingerprint density at radius 3 is 2.32 bits per heavy atom. The highest BCUT2D eigenvalue weighted by Crippen LogP contribution is 2.30. The van der Waals surface area contributed by atoms with Crippen molar-refractivity contribution >= 4 is 49.1 Å². The van der Waals surface area contributed by atoms with Crippen molar-refractivity contribution in [2.75, 3.05) is 0 Å². The van der Waals surface area contributed by atoms with Gasteiger partial charge in [0, 0.05) is 16.0 Å². The van der Waals surface area contributed by atoms with E-state index in [1.807, 2.05) is 26.0 Å². The number of hydrogen-bond donors (Lipinski definition) is 3. The van der Waals surface area contributed by atoms with Gasteiger partial charge in [0.15, 0.2) is 0 Å². The van der Waals surface area contributed by atoms with Crippen molar-refractivity contribution in [1.29, 1.82) is 10.5 Å². The number of aromatic amines is 2. The van der Waals surface area contributed by atoms with Gasteiger partial charge in [-0.25, -0.2) is 4.79 Å². The van der Waals surface area contributed by atoms with Crippen molar-refractivity contribution in [3.8, 4) is 12.1 Å². The number of rotatable bonds is 1. The molecule has 0 spiro atoms. The van der Waals surface area contributed by atoms with Gasteiger partial charge in [0.1, 0.15) is 23.4 Å². The Morgan fingerprint density at radius 1 is 1.08 bits per heavy atom. The molecule has 0 aromatic carbocycles. The number of nitrogens with one attached hydrogen (secondary N) is 2. The van der Waals surface area contributed by atoms with Crippen molar-refractivity contribution < 1.29 is 9.90 Å². The Labute approximate surface area is 150 Å². The van der Waals surface area contributed by atoms with Crippen LogP contribution < -0.4 is 0 Å². The van der Waals surface area contributed by atoms with Crippen molar-refractivity contribution in [1.82, 2.24) is 9.97 Å². The number of aryl methyl sites for hydroxylation is 2. The molecule has 0 atom stereocenters. The summed E-state index contributed by atoms with van der Waals surface area (Å²) >= 11 is 3.08. The maximum atomic E-state index is 10.8. The Kier molecular flexibility index (Phi) is 4.32. The minimum Gasteiger partial charge on any atom is -0.477 e. The lowest BCUT2D eigenvalue weighted by Gasteiger charge is -1.87. The van der Waals surface area contributed by atoms with Gasteiger partial charge in [-0.15, -0.1) is 22.7 Å². The molecule has 3 N–H and O–H groups in total. The Bertz CT molecular complexity index is 1180.